The predicted molar refractivity (Wildman–Crippen MR) is 73.1 cm³/mol. The molecule has 0 spiro atoms. The third-order valence-electron chi connectivity index (χ3n) is 2.95. The number of hydrogen-bond acceptors (Lipinski definition) is 3. The van der Waals surface area contributed by atoms with Crippen LogP contribution in [0.15, 0.2) is 36.7 Å². The van der Waals surface area contributed by atoms with Gasteiger partial charge in [0.15, 0.2) is 0 Å². The van der Waals surface area contributed by atoms with E-state index in [2.05, 4.69) is 15.2 Å². The normalized spacial score (nSPS) is 13.0. The quantitative estimate of drug-likeness (QED) is 0.908. The molecule has 0 aliphatic carbocycles. The van der Waals surface area contributed by atoms with Crippen molar-refractivity contribution in [2.45, 2.75) is 32.8 Å². The Morgan fingerprint density at radius 1 is 1.29 bits per heavy atom. The number of rotatable bonds is 5. The van der Waals surface area contributed by atoms with Crippen molar-refractivity contribution in [2.75, 3.05) is 5.32 Å². The van der Waals surface area contributed by atoms with Crippen LogP contribution in [-0.2, 0) is 6.54 Å². The highest BCUT2D eigenvalue weighted by molar-refractivity contribution is 5.47. The summed E-state index contributed by atoms with van der Waals surface area (Å²) in [6.07, 6.45) is -0.974. The Morgan fingerprint density at radius 3 is 2.48 bits per heavy atom. The van der Waals surface area contributed by atoms with Crippen molar-refractivity contribution in [1.29, 1.82) is 0 Å². The summed E-state index contributed by atoms with van der Waals surface area (Å²) < 4.78 is 41.8. The van der Waals surface area contributed by atoms with E-state index in [1.165, 1.54) is 12.1 Å². The van der Waals surface area contributed by atoms with Crippen LogP contribution in [0.4, 0.5) is 18.9 Å². The van der Waals surface area contributed by atoms with Gasteiger partial charge in [0.1, 0.15) is 5.75 Å². The molecule has 1 atom stereocenters. The van der Waals surface area contributed by atoms with Crippen LogP contribution < -0.4 is 10.1 Å². The number of hydrogen-bond donors (Lipinski definition) is 1. The molecule has 2 rings (SSSR count). The fourth-order valence-electron chi connectivity index (χ4n) is 1.86. The second-order valence-corrected chi connectivity index (χ2v) is 4.57. The number of nitrogens with zero attached hydrogens (tertiary/aromatic N) is 2. The number of anilines is 1. The maximum absolute atomic E-state index is 12.1. The summed E-state index contributed by atoms with van der Waals surface area (Å²) in [5.74, 6) is -0.237. The first kappa shape index (κ1) is 15.2. The number of ether oxygens (including phenoxy) is 1. The molecule has 0 amide bonds. The van der Waals surface area contributed by atoms with E-state index in [1.54, 1.807) is 18.3 Å². The molecule has 4 nitrogen and oxygen atoms in total. The minimum absolute atomic E-state index is 0.000292. The number of benzene rings is 1. The molecule has 1 aromatic carbocycles. The van der Waals surface area contributed by atoms with Gasteiger partial charge in [-0.2, -0.15) is 5.10 Å². The lowest BCUT2D eigenvalue weighted by molar-refractivity contribution is -0.274. The Balaban J connectivity index is 1.99. The number of nitrogens with one attached hydrogen (secondary N) is 1. The van der Waals surface area contributed by atoms with E-state index >= 15 is 0 Å². The fraction of sp³-hybridized carbons (Fsp3) is 0.357. The third kappa shape index (κ3) is 4.40. The summed E-state index contributed by atoms with van der Waals surface area (Å²) in [5.41, 5.74) is 1.72. The molecule has 1 aromatic heterocycles. The summed E-state index contributed by atoms with van der Waals surface area (Å²) in [4.78, 5) is 0. The van der Waals surface area contributed by atoms with Gasteiger partial charge in [-0.1, -0.05) is 0 Å². The molecule has 0 saturated heterocycles. The number of halogens is 3. The third-order valence-corrected chi connectivity index (χ3v) is 2.95. The van der Waals surface area contributed by atoms with Gasteiger partial charge in [-0.15, -0.1) is 13.2 Å². The minimum Gasteiger partial charge on any atom is -0.406 e. The van der Waals surface area contributed by atoms with Gasteiger partial charge >= 0.3 is 6.36 Å². The molecule has 1 N–H and O–H groups in total. The highest BCUT2D eigenvalue weighted by Crippen LogP contribution is 2.25. The molecular weight excluding hydrogens is 283 g/mol. The number of alkyl halides is 3. The van der Waals surface area contributed by atoms with Crippen LogP contribution in [0.3, 0.4) is 0 Å². The Kier molecular flexibility index (Phi) is 4.40. The van der Waals surface area contributed by atoms with Crippen molar-refractivity contribution < 1.29 is 17.9 Å². The molecule has 1 unspecified atom stereocenters. The highest BCUT2D eigenvalue weighted by atomic mass is 19.4. The zero-order chi connectivity index (χ0) is 15.5. The summed E-state index contributed by atoms with van der Waals surface area (Å²) in [6.45, 7) is 4.74. The van der Waals surface area contributed by atoms with Gasteiger partial charge in [0.25, 0.3) is 0 Å². The molecule has 7 heteroatoms. The van der Waals surface area contributed by atoms with Crippen molar-refractivity contribution in [3.8, 4) is 5.75 Å². The van der Waals surface area contributed by atoms with E-state index < -0.39 is 6.36 Å². The standard InChI is InChI=1S/C14H16F3N3O/c1-3-20-9-11(8-18-20)10(2)19-12-4-6-13(7-5-12)21-14(15,16)17/h4-10,19H,3H2,1-2H3. The lowest BCUT2D eigenvalue weighted by Gasteiger charge is -2.14. The van der Waals surface area contributed by atoms with Crippen molar-refractivity contribution in [1.82, 2.24) is 9.78 Å². The van der Waals surface area contributed by atoms with Crippen molar-refractivity contribution in [3.63, 3.8) is 0 Å². The largest absolute Gasteiger partial charge is 0.573 e. The predicted octanol–water partition coefficient (Wildman–Crippen LogP) is 3.97. The zero-order valence-corrected chi connectivity index (χ0v) is 11.7. The van der Waals surface area contributed by atoms with Gasteiger partial charge in [-0.05, 0) is 38.1 Å². The average Bonchev–Trinajstić information content (AvgIpc) is 2.88. The van der Waals surface area contributed by atoms with Crippen LogP contribution >= 0.6 is 0 Å². The average molecular weight is 299 g/mol. The molecule has 0 aliphatic rings. The summed E-state index contributed by atoms with van der Waals surface area (Å²) in [7, 11) is 0. The second-order valence-electron chi connectivity index (χ2n) is 4.57. The molecule has 0 radical (unpaired) electrons. The Bertz CT molecular complexity index is 578. The topological polar surface area (TPSA) is 39.1 Å². The molecule has 0 aliphatic heterocycles. The van der Waals surface area contributed by atoms with Crippen LogP contribution in [-0.4, -0.2) is 16.1 Å². The van der Waals surface area contributed by atoms with E-state index in [1.807, 2.05) is 24.7 Å². The van der Waals surface area contributed by atoms with Gasteiger partial charge < -0.3 is 10.1 Å². The fourth-order valence-corrected chi connectivity index (χ4v) is 1.86. The van der Waals surface area contributed by atoms with Crippen LogP contribution in [0.2, 0.25) is 0 Å². The summed E-state index contributed by atoms with van der Waals surface area (Å²) in [6, 6.07) is 5.64. The first-order valence-electron chi connectivity index (χ1n) is 6.52. The molecule has 114 valence electrons. The molecule has 1 heterocycles. The van der Waals surface area contributed by atoms with Crippen molar-refractivity contribution in [3.05, 3.63) is 42.2 Å². The van der Waals surface area contributed by atoms with E-state index in [0.717, 1.165) is 12.1 Å². The Hall–Kier alpha value is -2.18. The first-order chi connectivity index (χ1) is 9.87. The van der Waals surface area contributed by atoms with Crippen LogP contribution in [0.5, 0.6) is 5.75 Å². The Labute approximate surface area is 120 Å². The molecule has 21 heavy (non-hydrogen) atoms. The lowest BCUT2D eigenvalue weighted by atomic mass is 10.2. The van der Waals surface area contributed by atoms with E-state index in [0.29, 0.717) is 5.69 Å². The van der Waals surface area contributed by atoms with Crippen LogP contribution in [0, 0.1) is 0 Å². The van der Waals surface area contributed by atoms with Gasteiger partial charge in [0.2, 0.25) is 0 Å². The van der Waals surface area contributed by atoms with E-state index in [4.69, 9.17) is 0 Å². The van der Waals surface area contributed by atoms with E-state index in [-0.39, 0.29) is 11.8 Å². The number of aryl methyl sites for hydroxylation is 1. The molecular formula is C14H16F3N3O. The number of aromatic nitrogens is 2. The lowest BCUT2D eigenvalue weighted by Crippen LogP contribution is -2.17. The van der Waals surface area contributed by atoms with Gasteiger partial charge in [0, 0.05) is 24.0 Å². The van der Waals surface area contributed by atoms with E-state index in [9.17, 15) is 13.2 Å². The van der Waals surface area contributed by atoms with Gasteiger partial charge in [-0.25, -0.2) is 0 Å². The van der Waals surface area contributed by atoms with Gasteiger partial charge in [-0.3, -0.25) is 4.68 Å². The monoisotopic (exact) mass is 299 g/mol. The van der Waals surface area contributed by atoms with Crippen molar-refractivity contribution >= 4 is 5.69 Å². The highest BCUT2D eigenvalue weighted by Gasteiger charge is 2.30. The molecule has 0 saturated carbocycles. The first-order valence-corrected chi connectivity index (χ1v) is 6.52. The SMILES string of the molecule is CCn1cc(C(C)Nc2ccc(OC(F)(F)F)cc2)cn1. The Morgan fingerprint density at radius 2 is 1.95 bits per heavy atom. The maximum atomic E-state index is 12.1. The smallest absolute Gasteiger partial charge is 0.406 e. The minimum atomic E-state index is -4.67. The van der Waals surface area contributed by atoms with Crippen molar-refractivity contribution in [2.24, 2.45) is 0 Å². The zero-order valence-electron chi connectivity index (χ0n) is 11.7. The van der Waals surface area contributed by atoms with Crippen LogP contribution in [0.1, 0.15) is 25.5 Å². The second kappa shape index (κ2) is 6.07. The molecule has 0 bridgehead atoms. The maximum Gasteiger partial charge on any atom is 0.573 e. The summed E-state index contributed by atoms with van der Waals surface area (Å²) in [5, 5.41) is 7.38. The van der Waals surface area contributed by atoms with Gasteiger partial charge in [0.05, 0.1) is 12.2 Å². The molecule has 2 aromatic rings. The summed E-state index contributed by atoms with van der Waals surface area (Å²) >= 11 is 0. The molecule has 0 fully saturated rings. The van der Waals surface area contributed by atoms with Crippen LogP contribution in [0.25, 0.3) is 0 Å².